The van der Waals surface area contributed by atoms with Gasteiger partial charge in [-0.3, -0.25) is 4.68 Å². The molecule has 0 aliphatic carbocycles. The average Bonchev–Trinajstić information content (AvgIpc) is 2.67. The molecule has 4 nitrogen and oxygen atoms in total. The summed E-state index contributed by atoms with van der Waals surface area (Å²) in [6, 6.07) is 1.94. The second-order valence-electron chi connectivity index (χ2n) is 4.16. The summed E-state index contributed by atoms with van der Waals surface area (Å²) in [5.74, 6) is 0.193. The number of nitrogens with one attached hydrogen (secondary N) is 1. The largest absolute Gasteiger partial charge is 0.416 e. The molecular formula is C12H13F3N4. The molecule has 0 radical (unpaired) electrons. The Bertz CT molecular complexity index is 575. The highest BCUT2D eigenvalue weighted by Gasteiger charge is 2.30. The Morgan fingerprint density at radius 2 is 2.11 bits per heavy atom. The molecule has 2 aromatic heterocycles. The number of aromatic nitrogens is 3. The van der Waals surface area contributed by atoms with Crippen molar-refractivity contribution in [3.05, 3.63) is 41.3 Å². The van der Waals surface area contributed by atoms with Gasteiger partial charge >= 0.3 is 6.18 Å². The Morgan fingerprint density at radius 3 is 2.68 bits per heavy atom. The molecule has 0 aliphatic heterocycles. The number of hydrogen-bond acceptors (Lipinski definition) is 3. The van der Waals surface area contributed by atoms with Crippen LogP contribution in [0, 0.1) is 6.92 Å². The summed E-state index contributed by atoms with van der Waals surface area (Å²) < 4.78 is 39.3. The molecule has 2 rings (SSSR count). The number of alkyl halides is 3. The van der Waals surface area contributed by atoms with Gasteiger partial charge in [-0.25, -0.2) is 4.98 Å². The zero-order chi connectivity index (χ0) is 14.0. The van der Waals surface area contributed by atoms with Crippen LogP contribution in [0.2, 0.25) is 0 Å². The summed E-state index contributed by atoms with van der Waals surface area (Å²) >= 11 is 0. The molecule has 2 heterocycles. The summed E-state index contributed by atoms with van der Waals surface area (Å²) in [6.45, 7) is 2.28. The molecule has 0 fully saturated rings. The van der Waals surface area contributed by atoms with E-state index in [4.69, 9.17) is 0 Å². The summed E-state index contributed by atoms with van der Waals surface area (Å²) in [6.07, 6.45) is -1.54. The van der Waals surface area contributed by atoms with Crippen molar-refractivity contribution >= 4 is 5.82 Å². The molecule has 19 heavy (non-hydrogen) atoms. The molecule has 0 saturated heterocycles. The maximum Gasteiger partial charge on any atom is 0.416 e. The van der Waals surface area contributed by atoms with Gasteiger partial charge in [0.1, 0.15) is 5.82 Å². The van der Waals surface area contributed by atoms with Gasteiger partial charge in [-0.1, -0.05) is 0 Å². The topological polar surface area (TPSA) is 42.7 Å². The minimum atomic E-state index is -4.36. The zero-order valence-corrected chi connectivity index (χ0v) is 10.5. The van der Waals surface area contributed by atoms with Crippen molar-refractivity contribution in [1.82, 2.24) is 14.8 Å². The van der Waals surface area contributed by atoms with E-state index in [0.717, 1.165) is 29.6 Å². The Kier molecular flexibility index (Phi) is 3.46. The quantitative estimate of drug-likeness (QED) is 0.932. The van der Waals surface area contributed by atoms with Crippen LogP contribution in [0.3, 0.4) is 0 Å². The van der Waals surface area contributed by atoms with Gasteiger partial charge in [0, 0.05) is 31.0 Å². The maximum atomic E-state index is 12.5. The van der Waals surface area contributed by atoms with Gasteiger partial charge in [0.2, 0.25) is 0 Å². The van der Waals surface area contributed by atoms with E-state index in [1.165, 1.54) is 0 Å². The van der Waals surface area contributed by atoms with Crippen molar-refractivity contribution in [2.45, 2.75) is 19.6 Å². The monoisotopic (exact) mass is 270 g/mol. The fraction of sp³-hybridized carbons (Fsp3) is 0.333. The first-order valence-electron chi connectivity index (χ1n) is 5.62. The van der Waals surface area contributed by atoms with Crippen LogP contribution in [0.5, 0.6) is 0 Å². The van der Waals surface area contributed by atoms with Crippen LogP contribution in [0.1, 0.15) is 16.8 Å². The molecule has 102 valence electrons. The van der Waals surface area contributed by atoms with Crippen LogP contribution in [-0.2, 0) is 19.8 Å². The molecule has 0 bridgehead atoms. The highest BCUT2D eigenvalue weighted by atomic mass is 19.4. The molecule has 0 unspecified atom stereocenters. The summed E-state index contributed by atoms with van der Waals surface area (Å²) in [7, 11) is 1.81. The number of nitrogens with zero attached hydrogens (tertiary/aromatic N) is 3. The van der Waals surface area contributed by atoms with E-state index in [9.17, 15) is 13.2 Å². The fourth-order valence-corrected chi connectivity index (χ4v) is 1.61. The third-order valence-corrected chi connectivity index (χ3v) is 2.88. The third kappa shape index (κ3) is 3.04. The van der Waals surface area contributed by atoms with Crippen LogP contribution in [0.4, 0.5) is 19.0 Å². The lowest BCUT2D eigenvalue weighted by Gasteiger charge is -2.09. The Hall–Kier alpha value is -2.05. The number of hydrogen-bond donors (Lipinski definition) is 1. The van der Waals surface area contributed by atoms with E-state index >= 15 is 0 Å². The fourth-order valence-electron chi connectivity index (χ4n) is 1.61. The lowest BCUT2D eigenvalue weighted by molar-refractivity contribution is -0.137. The number of rotatable bonds is 3. The standard InChI is InChI=1S/C12H13F3N4/c1-8-9(7-18-19(8)2)6-17-11-5-10(3-4-16-11)12(13,14)15/h3-5,7H,6H2,1-2H3,(H,16,17). The van der Waals surface area contributed by atoms with Gasteiger partial charge in [-0.05, 0) is 19.1 Å². The van der Waals surface area contributed by atoms with Crippen LogP contribution >= 0.6 is 0 Å². The van der Waals surface area contributed by atoms with Gasteiger partial charge in [0.25, 0.3) is 0 Å². The Labute approximate surface area is 108 Å². The first-order chi connectivity index (χ1) is 8.88. The molecule has 2 aromatic rings. The van der Waals surface area contributed by atoms with E-state index in [1.807, 2.05) is 6.92 Å². The average molecular weight is 270 g/mol. The third-order valence-electron chi connectivity index (χ3n) is 2.88. The Morgan fingerprint density at radius 1 is 1.37 bits per heavy atom. The Balaban J connectivity index is 2.10. The van der Waals surface area contributed by atoms with Gasteiger partial charge in [-0.15, -0.1) is 0 Å². The van der Waals surface area contributed by atoms with Gasteiger partial charge in [0.15, 0.2) is 0 Å². The molecule has 0 aromatic carbocycles. The molecular weight excluding hydrogens is 257 g/mol. The van der Waals surface area contributed by atoms with Crippen LogP contribution in [0.15, 0.2) is 24.5 Å². The number of pyridine rings is 1. The summed E-state index contributed by atoms with van der Waals surface area (Å²) in [5, 5.41) is 6.92. The van der Waals surface area contributed by atoms with Gasteiger partial charge in [-0.2, -0.15) is 18.3 Å². The number of aryl methyl sites for hydroxylation is 1. The van der Waals surface area contributed by atoms with E-state index in [-0.39, 0.29) is 5.82 Å². The van der Waals surface area contributed by atoms with Crippen LogP contribution in [-0.4, -0.2) is 14.8 Å². The molecule has 0 saturated carbocycles. The molecule has 1 N–H and O–H groups in total. The predicted molar refractivity (Wildman–Crippen MR) is 64.5 cm³/mol. The van der Waals surface area contributed by atoms with E-state index in [2.05, 4.69) is 15.4 Å². The molecule has 0 aliphatic rings. The number of halogens is 3. The summed E-state index contributed by atoms with van der Waals surface area (Å²) in [4.78, 5) is 3.87. The first kappa shape index (κ1) is 13.4. The maximum absolute atomic E-state index is 12.5. The summed E-state index contributed by atoms with van der Waals surface area (Å²) in [5.41, 5.74) is 1.16. The number of anilines is 1. The second-order valence-corrected chi connectivity index (χ2v) is 4.16. The van der Waals surface area contributed by atoms with Crippen molar-refractivity contribution < 1.29 is 13.2 Å². The van der Waals surface area contributed by atoms with Crippen molar-refractivity contribution in [3.63, 3.8) is 0 Å². The smallest absolute Gasteiger partial charge is 0.366 e. The van der Waals surface area contributed by atoms with E-state index in [0.29, 0.717) is 6.54 Å². The van der Waals surface area contributed by atoms with Crippen LogP contribution in [0.25, 0.3) is 0 Å². The van der Waals surface area contributed by atoms with E-state index in [1.54, 1.807) is 17.9 Å². The second kappa shape index (κ2) is 4.91. The van der Waals surface area contributed by atoms with Gasteiger partial charge in [0.05, 0.1) is 11.8 Å². The molecule has 0 spiro atoms. The molecule has 7 heteroatoms. The highest BCUT2D eigenvalue weighted by molar-refractivity contribution is 5.39. The molecule has 0 amide bonds. The predicted octanol–water partition coefficient (Wildman–Crippen LogP) is 2.75. The lowest BCUT2D eigenvalue weighted by Crippen LogP contribution is -2.08. The van der Waals surface area contributed by atoms with E-state index < -0.39 is 11.7 Å². The SMILES string of the molecule is Cc1c(CNc2cc(C(F)(F)F)ccn2)cnn1C. The van der Waals surface area contributed by atoms with Crippen molar-refractivity contribution in [2.75, 3.05) is 5.32 Å². The van der Waals surface area contributed by atoms with Crippen molar-refractivity contribution in [2.24, 2.45) is 7.05 Å². The first-order valence-corrected chi connectivity index (χ1v) is 5.62. The molecule has 0 atom stereocenters. The zero-order valence-electron chi connectivity index (χ0n) is 10.5. The van der Waals surface area contributed by atoms with Crippen molar-refractivity contribution in [3.8, 4) is 0 Å². The minimum Gasteiger partial charge on any atom is -0.366 e. The highest BCUT2D eigenvalue weighted by Crippen LogP contribution is 2.29. The lowest BCUT2D eigenvalue weighted by atomic mass is 10.2. The van der Waals surface area contributed by atoms with Crippen molar-refractivity contribution in [1.29, 1.82) is 0 Å². The normalized spacial score (nSPS) is 11.6. The minimum absolute atomic E-state index is 0.193. The van der Waals surface area contributed by atoms with Crippen LogP contribution < -0.4 is 5.32 Å². The van der Waals surface area contributed by atoms with Gasteiger partial charge < -0.3 is 5.32 Å².